The molecule has 0 aliphatic carbocycles. The average molecular weight is 581 g/mol. The number of alkyl halides is 3. The third-order valence-corrected chi connectivity index (χ3v) is 7.77. The fourth-order valence-corrected chi connectivity index (χ4v) is 5.61. The minimum absolute atomic E-state index is 0.0409. The molecule has 0 spiro atoms. The smallest absolute Gasteiger partial charge is 0.380 e. The Bertz CT molecular complexity index is 1490. The van der Waals surface area contributed by atoms with Gasteiger partial charge in [-0.25, -0.2) is 0 Å². The fraction of sp³-hybridized carbons (Fsp3) is 0.367. The number of aromatic nitrogens is 2. The Kier molecular flexibility index (Phi) is 8.41. The van der Waals surface area contributed by atoms with Crippen LogP contribution in [-0.2, 0) is 23.9 Å². The molecule has 4 heterocycles. The Morgan fingerprint density at radius 3 is 2.55 bits per heavy atom. The van der Waals surface area contributed by atoms with Crippen LogP contribution in [-0.4, -0.2) is 63.2 Å². The summed E-state index contributed by atoms with van der Waals surface area (Å²) in [5.41, 5.74) is 6.74. The highest BCUT2D eigenvalue weighted by molar-refractivity contribution is 5.98. The zero-order valence-corrected chi connectivity index (χ0v) is 22.9. The molecule has 2 saturated heterocycles. The number of rotatable bonds is 8. The molecule has 42 heavy (non-hydrogen) atoms. The number of amides is 3. The Labute approximate surface area is 240 Å². The molecule has 0 radical (unpaired) electrons. The number of nitrogens with zero attached hydrogens (tertiary/aromatic N) is 4. The molecule has 5 rings (SSSR count). The lowest BCUT2D eigenvalue weighted by molar-refractivity contribution is -0.138. The van der Waals surface area contributed by atoms with E-state index in [9.17, 15) is 27.6 Å². The number of hydrogen-bond acceptors (Lipinski definition) is 6. The predicted octanol–water partition coefficient (Wildman–Crippen LogP) is 4.02. The second-order valence-electron chi connectivity index (χ2n) is 10.6. The molecular weight excluding hydrogens is 549 g/mol. The second kappa shape index (κ2) is 12.2. The molecule has 0 atom stereocenters. The molecule has 2 aliphatic heterocycles. The van der Waals surface area contributed by atoms with E-state index in [0.29, 0.717) is 37.2 Å². The van der Waals surface area contributed by atoms with E-state index in [1.54, 1.807) is 24.3 Å². The monoisotopic (exact) mass is 580 g/mol. The van der Waals surface area contributed by atoms with E-state index in [1.165, 1.54) is 6.20 Å². The van der Waals surface area contributed by atoms with Gasteiger partial charge < -0.3 is 20.9 Å². The molecule has 3 amide bonds. The van der Waals surface area contributed by atoms with Crippen LogP contribution in [0.4, 0.5) is 18.9 Å². The average Bonchev–Trinajstić information content (AvgIpc) is 3.41. The fourth-order valence-electron chi connectivity index (χ4n) is 5.61. The van der Waals surface area contributed by atoms with Crippen LogP contribution in [0.3, 0.4) is 0 Å². The standard InChI is InChI=1S/C30H31F3N6O3/c31-30(32,33)25-6-9-35-16-21(25)17-37-26-15-22(36-18-24(26)28(34)41)14-19-3-1-4-20(13-19)29(42)38-11-7-23(8-12-38)39-10-2-5-27(39)40/h1,3-4,6,9,13,15-16,18,23H,2,5,7-8,10-12,14,17H2,(H2,34,41)(H,36,37). The summed E-state index contributed by atoms with van der Waals surface area (Å²) in [6, 6.07) is 9.84. The van der Waals surface area contributed by atoms with Crippen molar-refractivity contribution in [1.29, 1.82) is 0 Å². The molecule has 220 valence electrons. The van der Waals surface area contributed by atoms with Crippen molar-refractivity contribution in [2.45, 2.75) is 50.9 Å². The van der Waals surface area contributed by atoms with E-state index in [1.807, 2.05) is 15.9 Å². The molecule has 0 unspecified atom stereocenters. The van der Waals surface area contributed by atoms with Gasteiger partial charge in [0, 0.05) is 80.5 Å². The third-order valence-electron chi connectivity index (χ3n) is 7.77. The van der Waals surface area contributed by atoms with E-state index in [0.717, 1.165) is 49.8 Å². The third kappa shape index (κ3) is 6.53. The first kappa shape index (κ1) is 29.0. The van der Waals surface area contributed by atoms with Gasteiger partial charge >= 0.3 is 6.18 Å². The molecule has 0 bridgehead atoms. The second-order valence-corrected chi connectivity index (χ2v) is 10.6. The highest BCUT2D eigenvalue weighted by Crippen LogP contribution is 2.32. The first-order valence-corrected chi connectivity index (χ1v) is 13.8. The number of nitrogens with two attached hydrogens (primary N) is 1. The maximum Gasteiger partial charge on any atom is 0.416 e. The summed E-state index contributed by atoms with van der Waals surface area (Å²) in [6.07, 6.45) is 2.26. The summed E-state index contributed by atoms with van der Waals surface area (Å²) in [4.78, 5) is 49.2. The molecule has 1 aromatic carbocycles. The predicted molar refractivity (Wildman–Crippen MR) is 148 cm³/mol. The first-order valence-electron chi connectivity index (χ1n) is 13.8. The Morgan fingerprint density at radius 2 is 1.86 bits per heavy atom. The number of benzene rings is 1. The zero-order valence-electron chi connectivity index (χ0n) is 22.9. The summed E-state index contributed by atoms with van der Waals surface area (Å²) in [5.74, 6) is -0.657. The number of primary amides is 1. The normalized spacial score (nSPS) is 16.1. The molecule has 9 nitrogen and oxygen atoms in total. The molecule has 0 saturated carbocycles. The van der Waals surface area contributed by atoms with Gasteiger partial charge in [-0.1, -0.05) is 12.1 Å². The van der Waals surface area contributed by atoms with Crippen molar-refractivity contribution in [2.75, 3.05) is 25.0 Å². The lowest BCUT2D eigenvalue weighted by Gasteiger charge is -2.36. The number of piperidine rings is 1. The van der Waals surface area contributed by atoms with Gasteiger partial charge in [-0.3, -0.25) is 24.4 Å². The van der Waals surface area contributed by atoms with E-state index in [-0.39, 0.29) is 41.2 Å². The van der Waals surface area contributed by atoms with Crippen molar-refractivity contribution >= 4 is 23.4 Å². The van der Waals surface area contributed by atoms with Crippen molar-refractivity contribution in [2.24, 2.45) is 5.73 Å². The number of carbonyl (C=O) groups excluding carboxylic acids is 3. The van der Waals surface area contributed by atoms with Crippen molar-refractivity contribution < 1.29 is 27.6 Å². The Balaban J connectivity index is 1.27. The molecule has 2 aromatic heterocycles. The number of anilines is 1. The highest BCUT2D eigenvalue weighted by atomic mass is 19.4. The summed E-state index contributed by atoms with van der Waals surface area (Å²) in [7, 11) is 0. The van der Waals surface area contributed by atoms with Gasteiger partial charge in [0.2, 0.25) is 5.91 Å². The van der Waals surface area contributed by atoms with Crippen LogP contribution >= 0.6 is 0 Å². The SMILES string of the molecule is NC(=O)c1cnc(Cc2cccc(C(=O)N3CCC(N4CCCC4=O)CC3)c2)cc1NCc1cnccc1C(F)(F)F. The molecule has 3 N–H and O–H groups in total. The molecule has 12 heteroatoms. The van der Waals surface area contributed by atoms with Crippen molar-refractivity contribution in [1.82, 2.24) is 19.8 Å². The molecule has 3 aromatic rings. The lowest BCUT2D eigenvalue weighted by atomic mass is 10.0. The van der Waals surface area contributed by atoms with E-state index >= 15 is 0 Å². The van der Waals surface area contributed by atoms with Crippen molar-refractivity contribution in [3.8, 4) is 0 Å². The van der Waals surface area contributed by atoms with Crippen LogP contribution in [0.15, 0.2) is 55.0 Å². The van der Waals surface area contributed by atoms with Crippen molar-refractivity contribution in [3.63, 3.8) is 0 Å². The Hall–Kier alpha value is -4.48. The van der Waals surface area contributed by atoms with Crippen LogP contribution in [0.25, 0.3) is 0 Å². The molecular formula is C30H31F3N6O3. The van der Waals surface area contributed by atoms with Gasteiger partial charge in [0.15, 0.2) is 0 Å². The summed E-state index contributed by atoms with van der Waals surface area (Å²) >= 11 is 0. The minimum Gasteiger partial charge on any atom is -0.380 e. The van der Waals surface area contributed by atoms with Crippen LogP contribution < -0.4 is 11.1 Å². The number of pyridine rings is 2. The van der Waals surface area contributed by atoms with Crippen molar-refractivity contribution in [3.05, 3.63) is 88.5 Å². The zero-order chi connectivity index (χ0) is 29.9. The maximum absolute atomic E-state index is 13.4. The van der Waals surface area contributed by atoms with Gasteiger partial charge in [0.05, 0.1) is 16.8 Å². The van der Waals surface area contributed by atoms with E-state index in [4.69, 9.17) is 5.73 Å². The minimum atomic E-state index is -4.55. The lowest BCUT2D eigenvalue weighted by Crippen LogP contribution is -2.47. The summed E-state index contributed by atoms with van der Waals surface area (Å²) in [5, 5.41) is 2.88. The maximum atomic E-state index is 13.4. The largest absolute Gasteiger partial charge is 0.416 e. The van der Waals surface area contributed by atoms with Gasteiger partial charge in [-0.05, 0) is 49.1 Å². The quantitative estimate of drug-likeness (QED) is 0.415. The first-order chi connectivity index (χ1) is 20.1. The topological polar surface area (TPSA) is 122 Å². The van der Waals surface area contributed by atoms with Gasteiger partial charge in [-0.2, -0.15) is 13.2 Å². The highest BCUT2D eigenvalue weighted by Gasteiger charge is 2.34. The molecule has 2 fully saturated rings. The van der Waals surface area contributed by atoms with Gasteiger partial charge in [0.25, 0.3) is 11.8 Å². The van der Waals surface area contributed by atoms with Crippen LogP contribution in [0.5, 0.6) is 0 Å². The van der Waals surface area contributed by atoms with Gasteiger partial charge in [-0.15, -0.1) is 0 Å². The summed E-state index contributed by atoms with van der Waals surface area (Å²) < 4.78 is 40.2. The number of nitrogens with one attached hydrogen (secondary N) is 1. The van der Waals surface area contributed by atoms with E-state index < -0.39 is 17.6 Å². The number of hydrogen-bond donors (Lipinski definition) is 2. The number of likely N-dealkylation sites (tertiary alicyclic amines) is 2. The van der Waals surface area contributed by atoms with Gasteiger partial charge in [0.1, 0.15) is 0 Å². The Morgan fingerprint density at radius 1 is 1.07 bits per heavy atom. The van der Waals surface area contributed by atoms with E-state index in [2.05, 4.69) is 15.3 Å². The summed E-state index contributed by atoms with van der Waals surface area (Å²) in [6.45, 7) is 1.72. The van der Waals surface area contributed by atoms with Crippen LogP contribution in [0.2, 0.25) is 0 Å². The van der Waals surface area contributed by atoms with Crippen LogP contribution in [0.1, 0.15) is 68.8 Å². The number of halogens is 3. The van der Waals surface area contributed by atoms with Crippen LogP contribution in [0, 0.1) is 0 Å². The number of carbonyl (C=O) groups is 3. The molecule has 2 aliphatic rings.